The fraction of sp³-hybridized carbons (Fsp3) is 0.222. The van der Waals surface area contributed by atoms with E-state index in [-0.39, 0.29) is 11.5 Å². The highest BCUT2D eigenvalue weighted by Crippen LogP contribution is 2.13. The maximum atomic E-state index is 11.9. The van der Waals surface area contributed by atoms with Crippen LogP contribution in [0, 0.1) is 0 Å². The molecule has 0 spiro atoms. The summed E-state index contributed by atoms with van der Waals surface area (Å²) in [5.74, 6) is -0.226. The summed E-state index contributed by atoms with van der Waals surface area (Å²) in [6.45, 7) is 0.386. The highest BCUT2D eigenvalue weighted by atomic mass is 16.5. The van der Waals surface area contributed by atoms with Gasteiger partial charge in [-0.25, -0.2) is 4.79 Å². The molecule has 0 aliphatic heterocycles. The zero-order valence-corrected chi connectivity index (χ0v) is 12.9. The number of rotatable bonds is 7. The SMILES string of the molecule is COc1cccc(CCC(=O)NCc2ccc(C(=O)O)cc2)c1. The molecule has 2 aromatic carbocycles. The monoisotopic (exact) mass is 313 g/mol. The van der Waals surface area contributed by atoms with E-state index in [0.29, 0.717) is 19.4 Å². The smallest absolute Gasteiger partial charge is 0.335 e. The number of carboxylic acid groups (broad SMARTS) is 1. The second kappa shape index (κ2) is 7.98. The first-order chi connectivity index (χ1) is 11.1. The molecule has 0 bridgehead atoms. The fourth-order valence-electron chi connectivity index (χ4n) is 2.14. The molecule has 0 aliphatic rings. The van der Waals surface area contributed by atoms with Gasteiger partial charge >= 0.3 is 5.97 Å². The number of methoxy groups -OCH3 is 1. The number of carboxylic acids is 1. The van der Waals surface area contributed by atoms with Crippen LogP contribution < -0.4 is 10.1 Å². The van der Waals surface area contributed by atoms with Gasteiger partial charge < -0.3 is 15.2 Å². The van der Waals surface area contributed by atoms with Gasteiger partial charge in [0.25, 0.3) is 0 Å². The van der Waals surface area contributed by atoms with E-state index >= 15 is 0 Å². The summed E-state index contributed by atoms with van der Waals surface area (Å²) in [6.07, 6.45) is 1.03. The van der Waals surface area contributed by atoms with Gasteiger partial charge in [0.15, 0.2) is 0 Å². The van der Waals surface area contributed by atoms with Crippen LogP contribution in [0.25, 0.3) is 0 Å². The molecule has 2 N–H and O–H groups in total. The third-order valence-corrected chi connectivity index (χ3v) is 3.47. The van der Waals surface area contributed by atoms with E-state index in [9.17, 15) is 9.59 Å². The van der Waals surface area contributed by atoms with Gasteiger partial charge in [0.05, 0.1) is 12.7 Å². The zero-order valence-electron chi connectivity index (χ0n) is 12.9. The Morgan fingerprint density at radius 1 is 1.09 bits per heavy atom. The zero-order chi connectivity index (χ0) is 16.7. The number of hydrogen-bond donors (Lipinski definition) is 2. The Morgan fingerprint density at radius 2 is 1.83 bits per heavy atom. The summed E-state index contributed by atoms with van der Waals surface area (Å²) in [7, 11) is 1.61. The van der Waals surface area contributed by atoms with Crippen LogP contribution in [-0.2, 0) is 17.8 Å². The minimum atomic E-state index is -0.959. The average molecular weight is 313 g/mol. The van der Waals surface area contributed by atoms with Crippen molar-refractivity contribution in [1.82, 2.24) is 5.32 Å². The van der Waals surface area contributed by atoms with Gasteiger partial charge in [-0.3, -0.25) is 4.79 Å². The Kier molecular flexibility index (Phi) is 5.74. The van der Waals surface area contributed by atoms with Gasteiger partial charge in [-0.2, -0.15) is 0 Å². The van der Waals surface area contributed by atoms with Gasteiger partial charge in [-0.05, 0) is 41.8 Å². The third-order valence-electron chi connectivity index (χ3n) is 3.47. The van der Waals surface area contributed by atoms with Crippen LogP contribution in [0.4, 0.5) is 0 Å². The van der Waals surface area contributed by atoms with Crippen LogP contribution in [0.15, 0.2) is 48.5 Å². The standard InChI is InChI=1S/C18H19NO4/c1-23-16-4-2-3-13(11-16)7-10-17(20)19-12-14-5-8-15(9-6-14)18(21)22/h2-6,8-9,11H,7,10,12H2,1H3,(H,19,20)(H,21,22). The van der Waals surface area contributed by atoms with E-state index in [4.69, 9.17) is 9.84 Å². The Labute approximate surface area is 134 Å². The second-order valence-electron chi connectivity index (χ2n) is 5.13. The largest absolute Gasteiger partial charge is 0.497 e. The summed E-state index contributed by atoms with van der Waals surface area (Å²) < 4.78 is 5.15. The number of carbonyl (C=O) groups is 2. The number of carbonyl (C=O) groups excluding carboxylic acids is 1. The van der Waals surface area contributed by atoms with E-state index in [2.05, 4.69) is 5.32 Å². The minimum absolute atomic E-state index is 0.0462. The normalized spacial score (nSPS) is 10.1. The Hall–Kier alpha value is -2.82. The molecule has 0 heterocycles. The summed E-state index contributed by atoms with van der Waals surface area (Å²) in [4.78, 5) is 22.6. The van der Waals surface area contributed by atoms with Crippen molar-refractivity contribution < 1.29 is 19.4 Å². The van der Waals surface area contributed by atoms with Crippen LogP contribution in [0.3, 0.4) is 0 Å². The molecule has 0 fully saturated rings. The first-order valence-electron chi connectivity index (χ1n) is 7.30. The van der Waals surface area contributed by atoms with Gasteiger partial charge in [0.1, 0.15) is 5.75 Å². The first kappa shape index (κ1) is 16.5. The molecule has 0 atom stereocenters. The third kappa shape index (κ3) is 5.14. The second-order valence-corrected chi connectivity index (χ2v) is 5.13. The van der Waals surface area contributed by atoms with Crippen LogP contribution in [0.2, 0.25) is 0 Å². The Bertz CT molecular complexity index is 680. The van der Waals surface area contributed by atoms with Crippen molar-refractivity contribution in [2.75, 3.05) is 7.11 Å². The van der Waals surface area contributed by atoms with E-state index in [1.807, 2.05) is 24.3 Å². The van der Waals surface area contributed by atoms with Crippen LogP contribution >= 0.6 is 0 Å². The minimum Gasteiger partial charge on any atom is -0.497 e. The number of aryl methyl sites for hydroxylation is 1. The van der Waals surface area contributed by atoms with E-state index < -0.39 is 5.97 Å². The van der Waals surface area contributed by atoms with Crippen molar-refractivity contribution in [2.45, 2.75) is 19.4 Å². The van der Waals surface area contributed by atoms with Gasteiger partial charge in [-0.1, -0.05) is 24.3 Å². The highest BCUT2D eigenvalue weighted by Gasteiger charge is 2.05. The van der Waals surface area contributed by atoms with Crippen LogP contribution in [0.1, 0.15) is 27.9 Å². The molecule has 5 nitrogen and oxygen atoms in total. The molecule has 0 unspecified atom stereocenters. The maximum Gasteiger partial charge on any atom is 0.335 e. The van der Waals surface area contributed by atoms with Crippen molar-refractivity contribution >= 4 is 11.9 Å². The molecule has 0 saturated carbocycles. The van der Waals surface area contributed by atoms with Crippen LogP contribution in [-0.4, -0.2) is 24.1 Å². The van der Waals surface area contributed by atoms with Gasteiger partial charge in [-0.15, -0.1) is 0 Å². The predicted molar refractivity (Wildman–Crippen MR) is 86.6 cm³/mol. The lowest BCUT2D eigenvalue weighted by Crippen LogP contribution is -2.23. The molecule has 2 rings (SSSR count). The molecule has 1 amide bonds. The number of hydrogen-bond acceptors (Lipinski definition) is 3. The summed E-state index contributed by atoms with van der Waals surface area (Å²) in [6, 6.07) is 14.1. The van der Waals surface area contributed by atoms with Crippen molar-refractivity contribution in [3.63, 3.8) is 0 Å². The molecule has 0 aliphatic carbocycles. The molecule has 2 aromatic rings. The quantitative estimate of drug-likeness (QED) is 0.824. The number of nitrogens with one attached hydrogen (secondary N) is 1. The number of aromatic carboxylic acids is 1. The lowest BCUT2D eigenvalue weighted by atomic mass is 10.1. The molecular weight excluding hydrogens is 294 g/mol. The van der Waals surface area contributed by atoms with Gasteiger partial charge in [0.2, 0.25) is 5.91 Å². The average Bonchev–Trinajstić information content (AvgIpc) is 2.58. The lowest BCUT2D eigenvalue weighted by molar-refractivity contribution is -0.121. The van der Waals surface area contributed by atoms with Crippen LogP contribution in [0.5, 0.6) is 5.75 Å². The van der Waals surface area contributed by atoms with E-state index in [0.717, 1.165) is 16.9 Å². The van der Waals surface area contributed by atoms with Crippen molar-refractivity contribution in [2.24, 2.45) is 0 Å². The summed E-state index contributed by atoms with van der Waals surface area (Å²) >= 11 is 0. The number of benzene rings is 2. The van der Waals surface area contributed by atoms with Crippen molar-refractivity contribution in [3.8, 4) is 5.75 Å². The van der Waals surface area contributed by atoms with Crippen molar-refractivity contribution in [3.05, 3.63) is 65.2 Å². The molecular formula is C18H19NO4. The summed E-state index contributed by atoms with van der Waals surface area (Å²) in [5, 5.41) is 11.7. The predicted octanol–water partition coefficient (Wildman–Crippen LogP) is 2.64. The van der Waals surface area contributed by atoms with Crippen molar-refractivity contribution in [1.29, 1.82) is 0 Å². The molecule has 5 heteroatoms. The topological polar surface area (TPSA) is 75.6 Å². The van der Waals surface area contributed by atoms with E-state index in [1.54, 1.807) is 19.2 Å². The molecule has 23 heavy (non-hydrogen) atoms. The molecule has 0 saturated heterocycles. The number of amides is 1. The van der Waals surface area contributed by atoms with E-state index in [1.165, 1.54) is 12.1 Å². The molecule has 120 valence electrons. The number of ether oxygens (including phenoxy) is 1. The molecule has 0 radical (unpaired) electrons. The Morgan fingerprint density at radius 3 is 2.48 bits per heavy atom. The fourth-order valence-corrected chi connectivity index (χ4v) is 2.14. The Balaban J connectivity index is 1.79. The highest BCUT2D eigenvalue weighted by molar-refractivity contribution is 5.87. The molecule has 0 aromatic heterocycles. The first-order valence-corrected chi connectivity index (χ1v) is 7.30. The summed E-state index contributed by atoms with van der Waals surface area (Å²) in [5.41, 5.74) is 2.15. The lowest BCUT2D eigenvalue weighted by Gasteiger charge is -2.07. The maximum absolute atomic E-state index is 11.9. The van der Waals surface area contributed by atoms with Gasteiger partial charge in [0, 0.05) is 13.0 Å².